The minimum Gasteiger partial charge on any atom is -0.478 e. The summed E-state index contributed by atoms with van der Waals surface area (Å²) in [5.41, 5.74) is 1.15. The number of aryl methyl sites for hydroxylation is 2. The molecule has 0 bridgehead atoms. The number of hydrogen-bond donors (Lipinski definition) is 1. The molecule has 0 amide bonds. The molecule has 0 aliphatic carbocycles. The first-order valence-electron chi connectivity index (χ1n) is 5.45. The molecule has 2 rings (SSSR count). The fourth-order valence-corrected chi connectivity index (χ4v) is 1.87. The number of carboxylic acid groups (broad SMARTS) is 1. The van der Waals surface area contributed by atoms with Gasteiger partial charge in [-0.2, -0.15) is 5.10 Å². The average Bonchev–Trinajstić information content (AvgIpc) is 2.70. The lowest BCUT2D eigenvalue weighted by Gasteiger charge is -2.06. The van der Waals surface area contributed by atoms with Crippen molar-refractivity contribution in [3.05, 3.63) is 51.3 Å². The summed E-state index contributed by atoms with van der Waals surface area (Å²) in [4.78, 5) is 21.5. The Kier molecular flexibility index (Phi) is 3.04. The van der Waals surface area contributed by atoms with Gasteiger partial charge >= 0.3 is 5.97 Å². The summed E-state index contributed by atoms with van der Waals surface area (Å²) in [5.74, 6) is -1.11. The summed E-state index contributed by atoms with van der Waals surface area (Å²) in [6, 6.07) is 4.64. The van der Waals surface area contributed by atoms with Gasteiger partial charge in [-0.3, -0.25) is 10.1 Å². The van der Waals surface area contributed by atoms with Gasteiger partial charge < -0.3 is 5.11 Å². The molecule has 7 nitrogen and oxygen atoms in total. The van der Waals surface area contributed by atoms with E-state index in [9.17, 15) is 14.9 Å². The van der Waals surface area contributed by atoms with Crippen LogP contribution in [-0.4, -0.2) is 25.8 Å². The van der Waals surface area contributed by atoms with Crippen LogP contribution in [0.5, 0.6) is 0 Å². The Morgan fingerprint density at radius 2 is 2.11 bits per heavy atom. The van der Waals surface area contributed by atoms with Crippen LogP contribution < -0.4 is 0 Å². The van der Waals surface area contributed by atoms with Crippen molar-refractivity contribution in [3.8, 4) is 5.69 Å². The molecule has 0 saturated heterocycles. The highest BCUT2D eigenvalue weighted by molar-refractivity contribution is 5.88. The molecule has 2 aromatic rings. The maximum atomic E-state index is 11.0. The van der Waals surface area contributed by atoms with Crippen LogP contribution in [0.15, 0.2) is 24.4 Å². The van der Waals surface area contributed by atoms with Crippen LogP contribution in [-0.2, 0) is 0 Å². The van der Waals surface area contributed by atoms with Gasteiger partial charge in [0, 0.05) is 12.3 Å². The van der Waals surface area contributed by atoms with E-state index in [1.807, 2.05) is 0 Å². The Bertz CT molecular complexity index is 676. The van der Waals surface area contributed by atoms with Crippen LogP contribution in [0, 0.1) is 24.0 Å². The molecule has 1 N–H and O–H groups in total. The third-order valence-electron chi connectivity index (χ3n) is 2.77. The Balaban J connectivity index is 2.68. The molecule has 0 fully saturated rings. The molecule has 0 unspecified atom stereocenters. The second-order valence-electron chi connectivity index (χ2n) is 4.08. The normalized spacial score (nSPS) is 10.4. The molecule has 0 radical (unpaired) electrons. The third kappa shape index (κ3) is 2.17. The van der Waals surface area contributed by atoms with E-state index in [1.165, 1.54) is 16.9 Å². The molecule has 0 saturated carbocycles. The van der Waals surface area contributed by atoms with Gasteiger partial charge in [0.15, 0.2) is 0 Å². The maximum Gasteiger partial charge on any atom is 0.339 e. The second-order valence-corrected chi connectivity index (χ2v) is 4.08. The largest absolute Gasteiger partial charge is 0.478 e. The second kappa shape index (κ2) is 4.52. The third-order valence-corrected chi connectivity index (χ3v) is 2.77. The monoisotopic (exact) mass is 261 g/mol. The molecule has 98 valence electrons. The zero-order valence-corrected chi connectivity index (χ0v) is 10.3. The molecule has 0 aliphatic heterocycles. The summed E-state index contributed by atoms with van der Waals surface area (Å²) in [5, 5.41) is 24.0. The van der Waals surface area contributed by atoms with E-state index in [0.29, 0.717) is 11.3 Å². The number of nitrogens with zero attached hydrogens (tertiary/aromatic N) is 3. The summed E-state index contributed by atoms with van der Waals surface area (Å²) in [7, 11) is 0. The summed E-state index contributed by atoms with van der Waals surface area (Å²) in [6.45, 7) is 3.25. The highest BCUT2D eigenvalue weighted by Crippen LogP contribution is 2.26. The fraction of sp³-hybridized carbons (Fsp3) is 0.167. The summed E-state index contributed by atoms with van der Waals surface area (Å²) < 4.78 is 1.24. The van der Waals surface area contributed by atoms with Crippen molar-refractivity contribution < 1.29 is 14.8 Å². The molecule has 1 aromatic carbocycles. The number of nitro groups is 1. The van der Waals surface area contributed by atoms with E-state index in [1.54, 1.807) is 26.0 Å². The number of aromatic carboxylic acids is 1. The smallest absolute Gasteiger partial charge is 0.339 e. The highest BCUT2D eigenvalue weighted by atomic mass is 16.6. The van der Waals surface area contributed by atoms with Gasteiger partial charge in [-0.25, -0.2) is 9.48 Å². The number of carbonyl (C=O) groups is 1. The predicted octanol–water partition coefficient (Wildman–Crippen LogP) is 2.10. The van der Waals surface area contributed by atoms with Gasteiger partial charge in [-0.15, -0.1) is 0 Å². The Labute approximate surface area is 108 Å². The van der Waals surface area contributed by atoms with E-state index >= 15 is 0 Å². The molecule has 0 atom stereocenters. The lowest BCUT2D eigenvalue weighted by molar-refractivity contribution is -0.384. The first kappa shape index (κ1) is 12.7. The van der Waals surface area contributed by atoms with Crippen molar-refractivity contribution in [3.63, 3.8) is 0 Å². The standard InChI is InChI=1S/C12H11N3O4/c1-7-4-3-5-10(15(18)19)11(7)14-6-9(12(16)17)8(2)13-14/h3-6H,1-2H3,(H,16,17). The SMILES string of the molecule is Cc1cccc([N+](=O)[O-])c1-n1cc(C(=O)O)c(C)n1. The van der Waals surface area contributed by atoms with Crippen LogP contribution >= 0.6 is 0 Å². The number of aromatic nitrogens is 2. The first-order valence-corrected chi connectivity index (χ1v) is 5.45. The molecule has 1 heterocycles. The van der Waals surface area contributed by atoms with Gasteiger partial charge in [0.2, 0.25) is 0 Å². The van der Waals surface area contributed by atoms with Crippen molar-refractivity contribution in [2.75, 3.05) is 0 Å². The van der Waals surface area contributed by atoms with Crippen LogP contribution in [0.3, 0.4) is 0 Å². The lowest BCUT2D eigenvalue weighted by Crippen LogP contribution is -2.03. The lowest BCUT2D eigenvalue weighted by atomic mass is 10.1. The maximum absolute atomic E-state index is 11.0. The summed E-state index contributed by atoms with van der Waals surface area (Å²) in [6.07, 6.45) is 1.28. The van der Waals surface area contributed by atoms with E-state index in [4.69, 9.17) is 5.11 Å². The zero-order valence-electron chi connectivity index (χ0n) is 10.3. The molecule has 7 heteroatoms. The predicted molar refractivity (Wildman–Crippen MR) is 66.7 cm³/mol. The highest BCUT2D eigenvalue weighted by Gasteiger charge is 2.20. The molecular weight excluding hydrogens is 250 g/mol. The quantitative estimate of drug-likeness (QED) is 0.673. The van der Waals surface area contributed by atoms with E-state index in [0.717, 1.165) is 0 Å². The van der Waals surface area contributed by atoms with Gasteiger partial charge in [-0.05, 0) is 19.4 Å². The number of rotatable bonds is 3. The molecule has 0 aliphatic rings. The first-order chi connectivity index (χ1) is 8.91. The Morgan fingerprint density at radius 3 is 2.63 bits per heavy atom. The molecule has 0 spiro atoms. The number of carboxylic acids is 1. The van der Waals surface area contributed by atoms with Crippen molar-refractivity contribution in [2.24, 2.45) is 0 Å². The van der Waals surface area contributed by atoms with Crippen molar-refractivity contribution in [1.82, 2.24) is 9.78 Å². The number of hydrogen-bond acceptors (Lipinski definition) is 4. The van der Waals surface area contributed by atoms with Crippen LogP contribution in [0.2, 0.25) is 0 Å². The van der Waals surface area contributed by atoms with Crippen LogP contribution in [0.25, 0.3) is 5.69 Å². The minimum absolute atomic E-state index is 0.0255. The molecular formula is C12H11N3O4. The fourth-order valence-electron chi connectivity index (χ4n) is 1.87. The van der Waals surface area contributed by atoms with Gasteiger partial charge in [0.25, 0.3) is 5.69 Å². The number of nitro benzene ring substituents is 1. The van der Waals surface area contributed by atoms with E-state index in [-0.39, 0.29) is 16.9 Å². The topological polar surface area (TPSA) is 98.3 Å². The number of benzene rings is 1. The van der Waals surface area contributed by atoms with E-state index in [2.05, 4.69) is 5.10 Å². The van der Waals surface area contributed by atoms with Gasteiger partial charge in [-0.1, -0.05) is 12.1 Å². The minimum atomic E-state index is -1.11. The molecule has 1 aromatic heterocycles. The Morgan fingerprint density at radius 1 is 1.42 bits per heavy atom. The summed E-state index contributed by atoms with van der Waals surface area (Å²) >= 11 is 0. The Hall–Kier alpha value is -2.70. The van der Waals surface area contributed by atoms with Gasteiger partial charge in [0.05, 0.1) is 10.6 Å². The van der Waals surface area contributed by atoms with E-state index < -0.39 is 10.9 Å². The van der Waals surface area contributed by atoms with Crippen LogP contribution in [0.4, 0.5) is 5.69 Å². The number of para-hydroxylation sites is 1. The zero-order chi connectivity index (χ0) is 14.2. The van der Waals surface area contributed by atoms with Crippen molar-refractivity contribution in [2.45, 2.75) is 13.8 Å². The van der Waals surface area contributed by atoms with Crippen molar-refractivity contribution >= 4 is 11.7 Å². The van der Waals surface area contributed by atoms with Crippen molar-refractivity contribution in [1.29, 1.82) is 0 Å². The van der Waals surface area contributed by atoms with Crippen LogP contribution in [0.1, 0.15) is 21.6 Å². The average molecular weight is 261 g/mol. The molecule has 19 heavy (non-hydrogen) atoms. The van der Waals surface area contributed by atoms with Gasteiger partial charge in [0.1, 0.15) is 11.3 Å².